The summed E-state index contributed by atoms with van der Waals surface area (Å²) in [6.07, 6.45) is 0. The number of carbonyl (C=O) groups is 2. The Balaban J connectivity index is 2.08. The molecule has 0 radical (unpaired) electrons. The number of nitro groups is 1. The van der Waals surface area contributed by atoms with Gasteiger partial charge >= 0.3 is 0 Å². The van der Waals surface area contributed by atoms with Gasteiger partial charge in [-0.3, -0.25) is 24.0 Å². The molecule has 0 aliphatic carbocycles. The molecule has 218 valence electrons. The second-order valence-corrected chi connectivity index (χ2v) is 11.4. The zero-order chi connectivity index (χ0) is 30.3. The largest absolute Gasteiger partial charge is 0.497 e. The number of anilines is 1. The van der Waals surface area contributed by atoms with E-state index in [2.05, 4.69) is 5.32 Å². The summed E-state index contributed by atoms with van der Waals surface area (Å²) >= 11 is 0. The molecule has 0 spiro atoms. The fourth-order valence-electron chi connectivity index (χ4n) is 4.15. The SMILES string of the molecule is CCNC(=O)C(C)N(Cc1ccc(C)cc1)C(=O)CN(c1ccc(OC)cc1)S(=O)(=O)c1ccc(C)c([N+](=O)[O-])c1. The van der Waals surface area contributed by atoms with E-state index in [0.29, 0.717) is 17.9 Å². The molecule has 12 heteroatoms. The molecule has 0 saturated carbocycles. The Morgan fingerprint density at radius 2 is 1.66 bits per heavy atom. The predicted molar refractivity (Wildman–Crippen MR) is 155 cm³/mol. The molecule has 2 amide bonds. The van der Waals surface area contributed by atoms with Gasteiger partial charge < -0.3 is 15.0 Å². The van der Waals surface area contributed by atoms with Crippen molar-refractivity contribution in [2.45, 2.75) is 45.2 Å². The van der Waals surface area contributed by atoms with Crippen LogP contribution in [0.25, 0.3) is 0 Å². The lowest BCUT2D eigenvalue weighted by Gasteiger charge is -2.32. The molecule has 0 aliphatic heterocycles. The first-order valence-corrected chi connectivity index (χ1v) is 14.4. The van der Waals surface area contributed by atoms with Gasteiger partial charge in [0, 0.05) is 24.7 Å². The minimum absolute atomic E-state index is 0.0594. The van der Waals surface area contributed by atoms with Crippen molar-refractivity contribution >= 4 is 33.2 Å². The van der Waals surface area contributed by atoms with Gasteiger partial charge in [-0.05, 0) is 63.6 Å². The van der Waals surface area contributed by atoms with Crippen LogP contribution in [0.1, 0.15) is 30.5 Å². The number of likely N-dealkylation sites (N-methyl/N-ethyl adjacent to an activating group) is 1. The lowest BCUT2D eigenvalue weighted by atomic mass is 10.1. The second-order valence-electron chi connectivity index (χ2n) is 9.49. The number of amides is 2. The summed E-state index contributed by atoms with van der Waals surface area (Å²) in [4.78, 5) is 38.5. The molecule has 3 rings (SSSR count). The molecular formula is C29H34N4O7S. The predicted octanol–water partition coefficient (Wildman–Crippen LogP) is 3.97. The molecule has 0 heterocycles. The van der Waals surface area contributed by atoms with E-state index in [1.165, 1.54) is 43.2 Å². The number of ether oxygens (including phenoxy) is 1. The van der Waals surface area contributed by atoms with Crippen molar-refractivity contribution in [3.8, 4) is 5.75 Å². The fourth-order valence-corrected chi connectivity index (χ4v) is 5.58. The maximum absolute atomic E-state index is 14.0. The lowest BCUT2D eigenvalue weighted by Crippen LogP contribution is -2.51. The molecule has 0 aliphatic rings. The first-order valence-electron chi connectivity index (χ1n) is 12.9. The van der Waals surface area contributed by atoms with Crippen molar-refractivity contribution in [1.82, 2.24) is 10.2 Å². The molecular weight excluding hydrogens is 548 g/mol. The Labute approximate surface area is 239 Å². The van der Waals surface area contributed by atoms with Gasteiger partial charge in [-0.2, -0.15) is 0 Å². The van der Waals surface area contributed by atoms with Gasteiger partial charge in [0.2, 0.25) is 11.8 Å². The smallest absolute Gasteiger partial charge is 0.273 e. The molecule has 3 aromatic rings. The van der Waals surface area contributed by atoms with E-state index in [0.717, 1.165) is 21.5 Å². The van der Waals surface area contributed by atoms with Gasteiger partial charge in [-0.15, -0.1) is 0 Å². The van der Waals surface area contributed by atoms with Crippen molar-refractivity contribution < 1.29 is 27.7 Å². The van der Waals surface area contributed by atoms with Crippen molar-refractivity contribution in [3.05, 3.63) is 93.5 Å². The Morgan fingerprint density at radius 3 is 2.22 bits per heavy atom. The standard InChI is InChI=1S/C29H34N4O7S/c1-6-30-29(35)22(4)31(18-23-10-7-20(2)8-11-23)28(34)19-32(24-12-14-25(40-5)15-13-24)41(38,39)26-16-9-21(3)27(17-26)33(36)37/h7-17,22H,6,18-19H2,1-5H3,(H,30,35). The Hall–Kier alpha value is -4.45. The van der Waals surface area contributed by atoms with Crippen LogP contribution < -0.4 is 14.4 Å². The average molecular weight is 583 g/mol. The normalized spacial score (nSPS) is 11.8. The van der Waals surface area contributed by atoms with E-state index in [1.54, 1.807) is 26.0 Å². The van der Waals surface area contributed by atoms with E-state index in [1.807, 2.05) is 31.2 Å². The maximum Gasteiger partial charge on any atom is 0.273 e. The highest BCUT2D eigenvalue weighted by molar-refractivity contribution is 7.92. The van der Waals surface area contributed by atoms with Gasteiger partial charge in [-0.1, -0.05) is 35.9 Å². The zero-order valence-corrected chi connectivity index (χ0v) is 24.5. The molecule has 0 fully saturated rings. The summed E-state index contributed by atoms with van der Waals surface area (Å²) in [5.74, 6) is -0.555. The molecule has 3 aromatic carbocycles. The van der Waals surface area contributed by atoms with Gasteiger partial charge in [0.15, 0.2) is 0 Å². The van der Waals surface area contributed by atoms with Crippen molar-refractivity contribution in [2.75, 3.05) is 24.5 Å². The molecule has 1 N–H and O–H groups in total. The van der Waals surface area contributed by atoms with Gasteiger partial charge in [0.05, 0.1) is 22.6 Å². The van der Waals surface area contributed by atoms with E-state index in [9.17, 15) is 28.1 Å². The minimum atomic E-state index is -4.47. The third-order valence-electron chi connectivity index (χ3n) is 6.60. The highest BCUT2D eigenvalue weighted by atomic mass is 32.2. The van der Waals surface area contributed by atoms with Crippen LogP contribution in [0.15, 0.2) is 71.6 Å². The van der Waals surface area contributed by atoms with Gasteiger partial charge in [-0.25, -0.2) is 8.42 Å². The maximum atomic E-state index is 14.0. The molecule has 0 aromatic heterocycles. The van der Waals surface area contributed by atoms with E-state index in [4.69, 9.17) is 4.74 Å². The third-order valence-corrected chi connectivity index (χ3v) is 8.37. The molecule has 0 saturated heterocycles. The number of nitro benzene ring substituents is 1. The highest BCUT2D eigenvalue weighted by Gasteiger charge is 2.33. The van der Waals surface area contributed by atoms with Gasteiger partial charge in [0.25, 0.3) is 15.7 Å². The molecule has 11 nitrogen and oxygen atoms in total. The van der Waals surface area contributed by atoms with Gasteiger partial charge in [0.1, 0.15) is 18.3 Å². The first kappa shape index (κ1) is 31.1. The number of methoxy groups -OCH3 is 1. The van der Waals surface area contributed by atoms with E-state index in [-0.39, 0.29) is 28.7 Å². The topological polar surface area (TPSA) is 139 Å². The summed E-state index contributed by atoms with van der Waals surface area (Å²) in [6, 6.07) is 16.2. The van der Waals surface area contributed by atoms with Crippen molar-refractivity contribution in [3.63, 3.8) is 0 Å². The number of hydrogen-bond donors (Lipinski definition) is 1. The Morgan fingerprint density at radius 1 is 1.02 bits per heavy atom. The van der Waals surface area contributed by atoms with Crippen LogP contribution in [-0.2, 0) is 26.2 Å². The summed E-state index contributed by atoms with van der Waals surface area (Å²) in [6.45, 7) is 6.52. The number of rotatable bonds is 12. The highest BCUT2D eigenvalue weighted by Crippen LogP contribution is 2.29. The number of hydrogen-bond acceptors (Lipinski definition) is 7. The number of benzene rings is 3. The fraction of sp³-hybridized carbons (Fsp3) is 0.310. The third kappa shape index (κ3) is 7.40. The van der Waals surface area contributed by atoms with Crippen LogP contribution in [0.4, 0.5) is 11.4 Å². The average Bonchev–Trinajstić information content (AvgIpc) is 2.95. The summed E-state index contributed by atoms with van der Waals surface area (Å²) in [5.41, 5.74) is 1.85. The number of nitrogens with one attached hydrogen (secondary N) is 1. The zero-order valence-electron chi connectivity index (χ0n) is 23.7. The monoisotopic (exact) mass is 582 g/mol. The van der Waals surface area contributed by atoms with Crippen LogP contribution in [0.5, 0.6) is 5.75 Å². The molecule has 0 bridgehead atoms. The summed E-state index contributed by atoms with van der Waals surface area (Å²) < 4.78 is 34.0. The number of carbonyl (C=O) groups excluding carboxylic acids is 2. The summed E-state index contributed by atoms with van der Waals surface area (Å²) in [7, 11) is -3.01. The van der Waals surface area contributed by atoms with Crippen LogP contribution in [0.3, 0.4) is 0 Å². The van der Waals surface area contributed by atoms with Crippen LogP contribution in [0, 0.1) is 24.0 Å². The Kier molecular flexibility index (Phi) is 10.1. The van der Waals surface area contributed by atoms with Crippen LogP contribution in [-0.4, -0.2) is 56.3 Å². The van der Waals surface area contributed by atoms with Crippen LogP contribution >= 0.6 is 0 Å². The molecule has 41 heavy (non-hydrogen) atoms. The quantitative estimate of drug-likeness (QED) is 0.252. The van der Waals surface area contributed by atoms with Crippen molar-refractivity contribution in [2.24, 2.45) is 0 Å². The number of aryl methyl sites for hydroxylation is 2. The Bertz CT molecular complexity index is 1510. The first-order chi connectivity index (χ1) is 19.4. The second kappa shape index (κ2) is 13.3. The molecule has 1 atom stereocenters. The van der Waals surface area contributed by atoms with Crippen LogP contribution in [0.2, 0.25) is 0 Å². The van der Waals surface area contributed by atoms with E-state index < -0.39 is 33.4 Å². The van der Waals surface area contributed by atoms with Crippen molar-refractivity contribution in [1.29, 1.82) is 0 Å². The number of sulfonamides is 1. The van der Waals surface area contributed by atoms with E-state index >= 15 is 0 Å². The lowest BCUT2D eigenvalue weighted by molar-refractivity contribution is -0.385. The number of nitrogens with zero attached hydrogens (tertiary/aromatic N) is 3. The minimum Gasteiger partial charge on any atom is -0.497 e. The summed E-state index contributed by atoms with van der Waals surface area (Å²) in [5, 5.41) is 14.3. The molecule has 1 unspecified atom stereocenters.